The van der Waals surface area contributed by atoms with Crippen LogP contribution in [-0.2, 0) is 11.3 Å². The minimum atomic E-state index is 0.627. The van der Waals surface area contributed by atoms with Crippen LogP contribution in [0, 0.1) is 6.92 Å². The molecule has 0 bridgehead atoms. The maximum atomic E-state index is 5.74. The van der Waals surface area contributed by atoms with E-state index in [1.54, 1.807) is 0 Å². The molecule has 110 valence electrons. The second-order valence-electron chi connectivity index (χ2n) is 5.85. The van der Waals surface area contributed by atoms with Crippen LogP contribution >= 0.6 is 0 Å². The van der Waals surface area contributed by atoms with E-state index in [1.807, 2.05) is 0 Å². The van der Waals surface area contributed by atoms with Crippen molar-refractivity contribution in [3.05, 3.63) is 29.3 Å². The zero-order valence-electron chi connectivity index (χ0n) is 12.3. The smallest absolute Gasteiger partial charge is 0.0594 e. The molecule has 2 aliphatic heterocycles. The highest BCUT2D eigenvalue weighted by molar-refractivity contribution is 5.51. The second kappa shape index (κ2) is 6.12. The molecule has 1 aromatic rings. The Bertz CT molecular complexity index is 457. The average molecular weight is 275 g/mol. The molecule has 1 unspecified atom stereocenters. The number of nitrogens with two attached hydrogens (primary N) is 1. The third kappa shape index (κ3) is 2.82. The minimum absolute atomic E-state index is 0.627. The van der Waals surface area contributed by atoms with Gasteiger partial charge in [-0.05, 0) is 36.6 Å². The van der Waals surface area contributed by atoms with Gasteiger partial charge < -0.3 is 15.4 Å². The Balaban J connectivity index is 1.65. The Hall–Kier alpha value is -1.10. The molecule has 4 heteroatoms. The van der Waals surface area contributed by atoms with Crippen LogP contribution < -0.4 is 10.6 Å². The van der Waals surface area contributed by atoms with Gasteiger partial charge in [0.15, 0.2) is 0 Å². The summed E-state index contributed by atoms with van der Waals surface area (Å²) in [6, 6.07) is 7.36. The Morgan fingerprint density at radius 2 is 2.05 bits per heavy atom. The molecule has 3 rings (SSSR count). The van der Waals surface area contributed by atoms with Crippen LogP contribution in [0.2, 0.25) is 0 Å². The van der Waals surface area contributed by atoms with Crippen molar-refractivity contribution < 1.29 is 4.74 Å². The van der Waals surface area contributed by atoms with Crippen LogP contribution in [0.15, 0.2) is 18.2 Å². The predicted molar refractivity (Wildman–Crippen MR) is 82.1 cm³/mol. The molecule has 0 spiro atoms. The quantitative estimate of drug-likeness (QED) is 0.904. The normalized spacial score (nSPS) is 24.3. The zero-order valence-corrected chi connectivity index (χ0v) is 12.3. The molecule has 20 heavy (non-hydrogen) atoms. The van der Waals surface area contributed by atoms with Gasteiger partial charge in [-0.1, -0.05) is 6.07 Å². The SMILES string of the molecule is Cc1cc(N2CCC(N3CCOCC3)C2)ccc1CN. The highest BCUT2D eigenvalue weighted by atomic mass is 16.5. The van der Waals surface area contributed by atoms with Gasteiger partial charge in [0.05, 0.1) is 13.2 Å². The fourth-order valence-electron chi connectivity index (χ4n) is 3.32. The molecule has 0 aliphatic carbocycles. The Labute approximate surface area is 121 Å². The number of rotatable bonds is 3. The molecule has 4 nitrogen and oxygen atoms in total. The number of nitrogens with zero attached hydrogens (tertiary/aromatic N) is 2. The third-order valence-electron chi connectivity index (χ3n) is 4.64. The van der Waals surface area contributed by atoms with Crippen LogP contribution in [0.1, 0.15) is 17.5 Å². The standard InChI is InChI=1S/C16H25N3O/c1-13-10-15(3-2-14(13)11-17)19-5-4-16(12-19)18-6-8-20-9-7-18/h2-3,10,16H,4-9,11-12,17H2,1H3. The summed E-state index contributed by atoms with van der Waals surface area (Å²) in [6.45, 7) is 9.03. The highest BCUT2D eigenvalue weighted by Crippen LogP contribution is 2.25. The lowest BCUT2D eigenvalue weighted by atomic mass is 10.1. The van der Waals surface area contributed by atoms with E-state index < -0.39 is 0 Å². The molecule has 0 aromatic heterocycles. The number of anilines is 1. The summed E-state index contributed by atoms with van der Waals surface area (Å²) >= 11 is 0. The van der Waals surface area contributed by atoms with E-state index >= 15 is 0 Å². The average Bonchev–Trinajstić information content (AvgIpc) is 2.98. The van der Waals surface area contributed by atoms with Crippen LogP contribution in [0.3, 0.4) is 0 Å². The third-order valence-corrected chi connectivity index (χ3v) is 4.64. The van der Waals surface area contributed by atoms with E-state index in [-0.39, 0.29) is 0 Å². The summed E-state index contributed by atoms with van der Waals surface area (Å²) in [5.41, 5.74) is 9.64. The van der Waals surface area contributed by atoms with Gasteiger partial charge in [-0.3, -0.25) is 4.90 Å². The molecule has 0 saturated carbocycles. The van der Waals surface area contributed by atoms with Gasteiger partial charge in [0.25, 0.3) is 0 Å². The van der Waals surface area contributed by atoms with Crippen molar-refractivity contribution in [1.82, 2.24) is 4.90 Å². The van der Waals surface area contributed by atoms with Gasteiger partial charge in [-0.25, -0.2) is 0 Å². The molecule has 1 aromatic carbocycles. The number of hydrogen-bond acceptors (Lipinski definition) is 4. The summed E-state index contributed by atoms with van der Waals surface area (Å²) in [4.78, 5) is 5.10. The van der Waals surface area contributed by atoms with Crippen molar-refractivity contribution >= 4 is 5.69 Å². The van der Waals surface area contributed by atoms with Gasteiger partial charge in [0.1, 0.15) is 0 Å². The van der Waals surface area contributed by atoms with E-state index in [1.165, 1.54) is 23.2 Å². The lowest BCUT2D eigenvalue weighted by Crippen LogP contribution is -2.44. The van der Waals surface area contributed by atoms with Crippen LogP contribution in [0.25, 0.3) is 0 Å². The van der Waals surface area contributed by atoms with Crippen molar-refractivity contribution in [2.75, 3.05) is 44.3 Å². The first-order chi connectivity index (χ1) is 9.78. The molecule has 2 N–H and O–H groups in total. The molecular weight excluding hydrogens is 250 g/mol. The van der Waals surface area contributed by atoms with Crippen molar-refractivity contribution in [2.45, 2.75) is 25.9 Å². The molecule has 1 atom stereocenters. The molecule has 0 amide bonds. The first-order valence-corrected chi connectivity index (χ1v) is 7.64. The van der Waals surface area contributed by atoms with Crippen molar-refractivity contribution in [3.8, 4) is 0 Å². The van der Waals surface area contributed by atoms with E-state index in [0.29, 0.717) is 12.6 Å². The maximum absolute atomic E-state index is 5.74. The van der Waals surface area contributed by atoms with Gasteiger partial charge >= 0.3 is 0 Å². The van der Waals surface area contributed by atoms with E-state index in [0.717, 1.165) is 39.4 Å². The van der Waals surface area contributed by atoms with E-state index in [4.69, 9.17) is 10.5 Å². The lowest BCUT2D eigenvalue weighted by Gasteiger charge is -2.32. The van der Waals surface area contributed by atoms with Gasteiger partial charge in [-0.15, -0.1) is 0 Å². The Morgan fingerprint density at radius 1 is 1.25 bits per heavy atom. The largest absolute Gasteiger partial charge is 0.379 e. The molecule has 2 heterocycles. The summed E-state index contributed by atoms with van der Waals surface area (Å²) in [5, 5.41) is 0. The van der Waals surface area contributed by atoms with Crippen LogP contribution in [0.5, 0.6) is 0 Å². The first kappa shape index (κ1) is 13.9. The molecule has 2 fully saturated rings. The fraction of sp³-hybridized carbons (Fsp3) is 0.625. The number of ether oxygens (including phenoxy) is 1. The zero-order chi connectivity index (χ0) is 13.9. The summed E-state index contributed by atoms with van der Waals surface area (Å²) in [5.74, 6) is 0. The molecule has 0 radical (unpaired) electrons. The highest BCUT2D eigenvalue weighted by Gasteiger charge is 2.28. The Kier molecular flexibility index (Phi) is 4.24. The van der Waals surface area contributed by atoms with Gasteiger partial charge in [0.2, 0.25) is 0 Å². The number of hydrogen-bond donors (Lipinski definition) is 1. The van der Waals surface area contributed by atoms with Crippen molar-refractivity contribution in [3.63, 3.8) is 0 Å². The van der Waals surface area contributed by atoms with Gasteiger partial charge in [-0.2, -0.15) is 0 Å². The van der Waals surface area contributed by atoms with Crippen molar-refractivity contribution in [2.24, 2.45) is 5.73 Å². The topological polar surface area (TPSA) is 41.7 Å². The number of aryl methyl sites for hydroxylation is 1. The second-order valence-corrected chi connectivity index (χ2v) is 5.85. The summed E-state index contributed by atoms with van der Waals surface area (Å²) in [6.07, 6.45) is 1.26. The van der Waals surface area contributed by atoms with E-state index in [9.17, 15) is 0 Å². The summed E-state index contributed by atoms with van der Waals surface area (Å²) < 4.78 is 5.44. The first-order valence-electron chi connectivity index (χ1n) is 7.64. The van der Waals surface area contributed by atoms with Gasteiger partial charge in [0, 0.05) is 44.5 Å². The molecule has 2 aliphatic rings. The number of morpholine rings is 1. The minimum Gasteiger partial charge on any atom is -0.379 e. The maximum Gasteiger partial charge on any atom is 0.0594 e. The monoisotopic (exact) mass is 275 g/mol. The lowest BCUT2D eigenvalue weighted by molar-refractivity contribution is 0.0209. The van der Waals surface area contributed by atoms with Crippen LogP contribution in [-0.4, -0.2) is 50.3 Å². The fourth-order valence-corrected chi connectivity index (χ4v) is 3.32. The van der Waals surface area contributed by atoms with Crippen LogP contribution in [0.4, 0.5) is 5.69 Å². The molecule has 2 saturated heterocycles. The van der Waals surface area contributed by atoms with Crippen molar-refractivity contribution in [1.29, 1.82) is 0 Å². The summed E-state index contributed by atoms with van der Waals surface area (Å²) in [7, 11) is 0. The number of benzene rings is 1. The van der Waals surface area contributed by atoms with E-state index in [2.05, 4.69) is 34.9 Å². The molecular formula is C16H25N3O. The Morgan fingerprint density at radius 3 is 2.75 bits per heavy atom. The predicted octanol–water partition coefficient (Wildman–Crippen LogP) is 1.36.